The second-order valence-electron chi connectivity index (χ2n) is 3.61. The van der Waals surface area contributed by atoms with Gasteiger partial charge >= 0.3 is 0 Å². The summed E-state index contributed by atoms with van der Waals surface area (Å²) in [6.07, 6.45) is 0. The standard InChI is InChI=1S/C12H13NO2/c1-3-13-11-7-9(14)4-5-10(11)8(2)6-12(13)15/h4-7,14H,3H2,1-2H3. The zero-order valence-corrected chi connectivity index (χ0v) is 8.82. The smallest absolute Gasteiger partial charge is 0.251 e. The Hall–Kier alpha value is -1.77. The number of aryl methyl sites for hydroxylation is 2. The number of fused-ring (bicyclic) bond motifs is 1. The van der Waals surface area contributed by atoms with Gasteiger partial charge in [0.25, 0.3) is 5.56 Å². The molecule has 0 saturated carbocycles. The quantitative estimate of drug-likeness (QED) is 0.770. The number of aromatic nitrogens is 1. The number of hydrogen-bond donors (Lipinski definition) is 1. The number of phenols is 1. The first-order valence-electron chi connectivity index (χ1n) is 4.96. The monoisotopic (exact) mass is 203 g/mol. The predicted octanol–water partition coefficient (Wildman–Crippen LogP) is 2.04. The lowest BCUT2D eigenvalue weighted by atomic mass is 10.1. The van der Waals surface area contributed by atoms with E-state index in [2.05, 4.69) is 0 Å². The summed E-state index contributed by atoms with van der Waals surface area (Å²) in [7, 11) is 0. The molecule has 1 heterocycles. The molecule has 0 aliphatic carbocycles. The van der Waals surface area contributed by atoms with Crippen LogP contribution >= 0.6 is 0 Å². The first kappa shape index (κ1) is 9.77. The van der Waals surface area contributed by atoms with E-state index < -0.39 is 0 Å². The van der Waals surface area contributed by atoms with E-state index in [9.17, 15) is 9.90 Å². The van der Waals surface area contributed by atoms with Gasteiger partial charge in [0.1, 0.15) is 5.75 Å². The van der Waals surface area contributed by atoms with E-state index in [0.29, 0.717) is 6.54 Å². The summed E-state index contributed by atoms with van der Waals surface area (Å²) in [6, 6.07) is 6.74. The number of benzene rings is 1. The molecule has 0 radical (unpaired) electrons. The lowest BCUT2D eigenvalue weighted by Gasteiger charge is -2.09. The van der Waals surface area contributed by atoms with E-state index in [1.807, 2.05) is 19.9 Å². The first-order chi connectivity index (χ1) is 7.13. The fourth-order valence-electron chi connectivity index (χ4n) is 1.86. The van der Waals surface area contributed by atoms with Crippen LogP contribution in [0.2, 0.25) is 0 Å². The molecule has 15 heavy (non-hydrogen) atoms. The number of pyridine rings is 1. The van der Waals surface area contributed by atoms with Crippen LogP contribution in [0.25, 0.3) is 10.9 Å². The molecule has 1 aromatic heterocycles. The molecule has 0 saturated heterocycles. The van der Waals surface area contributed by atoms with Crippen molar-refractivity contribution >= 4 is 10.9 Å². The van der Waals surface area contributed by atoms with Gasteiger partial charge in [-0.15, -0.1) is 0 Å². The van der Waals surface area contributed by atoms with Crippen molar-refractivity contribution in [2.75, 3.05) is 0 Å². The third-order valence-corrected chi connectivity index (χ3v) is 2.62. The number of nitrogens with zero attached hydrogens (tertiary/aromatic N) is 1. The molecule has 3 nitrogen and oxygen atoms in total. The van der Waals surface area contributed by atoms with Gasteiger partial charge in [0, 0.05) is 24.1 Å². The van der Waals surface area contributed by atoms with Crippen LogP contribution in [-0.4, -0.2) is 9.67 Å². The number of aromatic hydroxyl groups is 1. The third kappa shape index (κ3) is 1.50. The Morgan fingerprint density at radius 3 is 2.73 bits per heavy atom. The van der Waals surface area contributed by atoms with Crippen LogP contribution in [0.3, 0.4) is 0 Å². The highest BCUT2D eigenvalue weighted by molar-refractivity contribution is 5.83. The molecule has 0 unspecified atom stereocenters. The summed E-state index contributed by atoms with van der Waals surface area (Å²) in [5.74, 6) is 0.190. The van der Waals surface area contributed by atoms with Crippen molar-refractivity contribution in [2.24, 2.45) is 0 Å². The van der Waals surface area contributed by atoms with Crippen LogP contribution in [0.1, 0.15) is 12.5 Å². The average molecular weight is 203 g/mol. The van der Waals surface area contributed by atoms with Crippen LogP contribution in [0.15, 0.2) is 29.1 Å². The Labute approximate surface area is 87.6 Å². The Kier molecular flexibility index (Phi) is 2.23. The number of phenolic OH excluding ortho intramolecular Hbond substituents is 1. The zero-order valence-electron chi connectivity index (χ0n) is 8.82. The Balaban J connectivity index is 2.98. The fraction of sp³-hybridized carbons (Fsp3) is 0.250. The molecule has 1 N–H and O–H groups in total. The molecule has 2 rings (SSSR count). The highest BCUT2D eigenvalue weighted by Gasteiger charge is 2.05. The van der Waals surface area contributed by atoms with E-state index >= 15 is 0 Å². The molecule has 0 aliphatic heterocycles. The highest BCUT2D eigenvalue weighted by atomic mass is 16.3. The van der Waals surface area contributed by atoms with E-state index in [1.54, 1.807) is 22.8 Å². The molecule has 0 atom stereocenters. The van der Waals surface area contributed by atoms with Crippen molar-refractivity contribution in [1.82, 2.24) is 4.57 Å². The Bertz CT molecular complexity index is 570. The van der Waals surface area contributed by atoms with Crippen LogP contribution in [0, 0.1) is 6.92 Å². The molecule has 0 spiro atoms. The largest absolute Gasteiger partial charge is 0.508 e. The first-order valence-corrected chi connectivity index (χ1v) is 4.96. The summed E-state index contributed by atoms with van der Waals surface area (Å²) in [6.45, 7) is 4.43. The second kappa shape index (κ2) is 3.42. The summed E-state index contributed by atoms with van der Waals surface area (Å²) in [5.41, 5.74) is 1.72. The Morgan fingerprint density at radius 2 is 2.07 bits per heavy atom. The zero-order chi connectivity index (χ0) is 11.0. The third-order valence-electron chi connectivity index (χ3n) is 2.62. The molecular formula is C12H13NO2. The normalized spacial score (nSPS) is 10.8. The SMILES string of the molecule is CCn1c(=O)cc(C)c2ccc(O)cc21. The van der Waals surface area contributed by atoms with Gasteiger partial charge in [-0.05, 0) is 31.5 Å². The minimum Gasteiger partial charge on any atom is -0.508 e. The topological polar surface area (TPSA) is 42.2 Å². The fourth-order valence-corrected chi connectivity index (χ4v) is 1.86. The molecule has 78 valence electrons. The summed E-state index contributed by atoms with van der Waals surface area (Å²) in [4.78, 5) is 11.7. The Morgan fingerprint density at radius 1 is 1.33 bits per heavy atom. The second-order valence-corrected chi connectivity index (χ2v) is 3.61. The molecule has 2 aromatic rings. The van der Waals surface area contributed by atoms with E-state index in [-0.39, 0.29) is 11.3 Å². The minimum atomic E-state index is -0.0203. The lowest BCUT2D eigenvalue weighted by Crippen LogP contribution is -2.19. The summed E-state index contributed by atoms with van der Waals surface area (Å²) < 4.78 is 1.65. The maximum Gasteiger partial charge on any atom is 0.251 e. The van der Waals surface area contributed by atoms with Crippen molar-refractivity contribution in [1.29, 1.82) is 0 Å². The number of rotatable bonds is 1. The van der Waals surface area contributed by atoms with Gasteiger partial charge in [0.05, 0.1) is 5.52 Å². The molecule has 0 amide bonds. The van der Waals surface area contributed by atoms with Gasteiger partial charge in [0.2, 0.25) is 0 Å². The average Bonchev–Trinajstić information content (AvgIpc) is 2.17. The van der Waals surface area contributed by atoms with Gasteiger partial charge in [-0.2, -0.15) is 0 Å². The molecule has 3 heteroatoms. The predicted molar refractivity (Wildman–Crippen MR) is 60.3 cm³/mol. The van der Waals surface area contributed by atoms with Crippen molar-refractivity contribution in [3.05, 3.63) is 40.2 Å². The van der Waals surface area contributed by atoms with E-state index in [4.69, 9.17) is 0 Å². The van der Waals surface area contributed by atoms with Gasteiger partial charge in [-0.3, -0.25) is 4.79 Å². The summed E-state index contributed by atoms with van der Waals surface area (Å²) in [5, 5.41) is 10.4. The minimum absolute atomic E-state index is 0.0203. The maximum absolute atomic E-state index is 11.7. The van der Waals surface area contributed by atoms with E-state index in [1.165, 1.54) is 0 Å². The molecule has 0 bridgehead atoms. The highest BCUT2D eigenvalue weighted by Crippen LogP contribution is 2.21. The summed E-state index contributed by atoms with van der Waals surface area (Å²) >= 11 is 0. The number of hydrogen-bond acceptors (Lipinski definition) is 2. The van der Waals surface area contributed by atoms with Crippen LogP contribution in [0.5, 0.6) is 5.75 Å². The molecule has 1 aromatic carbocycles. The van der Waals surface area contributed by atoms with Crippen molar-refractivity contribution in [3.8, 4) is 5.75 Å². The van der Waals surface area contributed by atoms with Crippen LogP contribution in [0.4, 0.5) is 0 Å². The van der Waals surface area contributed by atoms with Crippen molar-refractivity contribution < 1.29 is 5.11 Å². The molecule has 0 fully saturated rings. The molecule has 0 aliphatic rings. The van der Waals surface area contributed by atoms with Gasteiger partial charge in [-0.1, -0.05) is 0 Å². The van der Waals surface area contributed by atoms with Crippen molar-refractivity contribution in [2.45, 2.75) is 20.4 Å². The van der Waals surface area contributed by atoms with Crippen LogP contribution < -0.4 is 5.56 Å². The van der Waals surface area contributed by atoms with Gasteiger partial charge in [0.15, 0.2) is 0 Å². The maximum atomic E-state index is 11.7. The van der Waals surface area contributed by atoms with Crippen LogP contribution in [-0.2, 0) is 6.54 Å². The van der Waals surface area contributed by atoms with E-state index in [0.717, 1.165) is 16.5 Å². The van der Waals surface area contributed by atoms with Gasteiger partial charge < -0.3 is 9.67 Å². The lowest BCUT2D eigenvalue weighted by molar-refractivity contribution is 0.475. The molecular weight excluding hydrogens is 190 g/mol. The van der Waals surface area contributed by atoms with Crippen molar-refractivity contribution in [3.63, 3.8) is 0 Å². The van der Waals surface area contributed by atoms with Gasteiger partial charge in [-0.25, -0.2) is 0 Å².